The molecule has 0 aliphatic rings. The van der Waals surface area contributed by atoms with Crippen LogP contribution >= 0.6 is 0 Å². The van der Waals surface area contributed by atoms with E-state index in [0.717, 1.165) is 25.5 Å². The maximum absolute atomic E-state index is 5.69. The summed E-state index contributed by atoms with van der Waals surface area (Å²) in [4.78, 5) is 10.5. The summed E-state index contributed by atoms with van der Waals surface area (Å²) >= 11 is 0. The molecule has 5 heteroatoms. The Morgan fingerprint density at radius 1 is 1.14 bits per heavy atom. The van der Waals surface area contributed by atoms with Crippen LogP contribution in [0.1, 0.15) is 25.5 Å². The molecule has 0 bridgehead atoms. The molecule has 2 aromatic rings. The van der Waals surface area contributed by atoms with Crippen molar-refractivity contribution in [2.75, 3.05) is 30.7 Å². The first kappa shape index (κ1) is 15.3. The first-order valence-corrected chi connectivity index (χ1v) is 7.35. The minimum absolute atomic E-state index is 0.303. The second kappa shape index (κ2) is 7.59. The Hall–Kier alpha value is -2.14. The number of benzene rings is 1. The first-order chi connectivity index (χ1) is 10.2. The van der Waals surface area contributed by atoms with Gasteiger partial charge in [-0.3, -0.25) is 4.90 Å². The van der Waals surface area contributed by atoms with Crippen molar-refractivity contribution in [1.29, 1.82) is 0 Å². The Morgan fingerprint density at radius 2 is 1.86 bits per heavy atom. The zero-order valence-corrected chi connectivity index (χ0v) is 12.7. The molecule has 3 N–H and O–H groups in total. The average molecular weight is 285 g/mol. The molecule has 1 aromatic carbocycles. The number of likely N-dealkylation sites (N-methyl/N-ethyl adjacent to an activating group) is 1. The van der Waals surface area contributed by atoms with E-state index in [1.54, 1.807) is 6.07 Å². The van der Waals surface area contributed by atoms with Crippen molar-refractivity contribution < 1.29 is 0 Å². The van der Waals surface area contributed by atoms with E-state index in [1.807, 2.05) is 6.07 Å². The van der Waals surface area contributed by atoms with Crippen LogP contribution in [0, 0.1) is 0 Å². The molecule has 2 rings (SSSR count). The lowest BCUT2D eigenvalue weighted by Crippen LogP contribution is -2.33. The van der Waals surface area contributed by atoms with E-state index in [9.17, 15) is 0 Å². The van der Waals surface area contributed by atoms with Gasteiger partial charge in [-0.15, -0.1) is 0 Å². The molecule has 0 aliphatic carbocycles. The van der Waals surface area contributed by atoms with Gasteiger partial charge in [0, 0.05) is 12.6 Å². The van der Waals surface area contributed by atoms with E-state index in [1.165, 1.54) is 11.9 Å². The van der Waals surface area contributed by atoms with Crippen molar-refractivity contribution in [3.8, 4) is 0 Å². The lowest BCUT2D eigenvalue weighted by atomic mass is 10.1. The van der Waals surface area contributed by atoms with E-state index in [2.05, 4.69) is 58.3 Å². The zero-order valence-electron chi connectivity index (χ0n) is 12.7. The number of rotatable bonds is 7. The molecule has 0 amide bonds. The molecule has 1 atom stereocenters. The van der Waals surface area contributed by atoms with Gasteiger partial charge >= 0.3 is 0 Å². The van der Waals surface area contributed by atoms with Crippen LogP contribution in [-0.4, -0.2) is 34.5 Å². The third-order valence-electron chi connectivity index (χ3n) is 3.60. The maximum Gasteiger partial charge on any atom is 0.131 e. The normalized spacial score (nSPS) is 12.3. The molecule has 0 saturated heterocycles. The van der Waals surface area contributed by atoms with Crippen molar-refractivity contribution in [1.82, 2.24) is 14.9 Å². The number of aromatic nitrogens is 2. The van der Waals surface area contributed by atoms with Gasteiger partial charge in [0.05, 0.1) is 6.04 Å². The molecule has 0 radical (unpaired) electrons. The fourth-order valence-electron chi connectivity index (χ4n) is 2.47. The second-order valence-corrected chi connectivity index (χ2v) is 4.86. The van der Waals surface area contributed by atoms with Gasteiger partial charge in [0.2, 0.25) is 0 Å². The molecular formula is C16H23N5. The third kappa shape index (κ3) is 4.16. The van der Waals surface area contributed by atoms with Crippen LogP contribution in [0.3, 0.4) is 0 Å². The van der Waals surface area contributed by atoms with E-state index in [4.69, 9.17) is 5.73 Å². The van der Waals surface area contributed by atoms with E-state index < -0.39 is 0 Å². The quantitative estimate of drug-likeness (QED) is 0.818. The Bertz CT molecular complexity index is 539. The Balaban J connectivity index is 2.13. The summed E-state index contributed by atoms with van der Waals surface area (Å²) in [7, 11) is 0. The minimum atomic E-state index is 0.303. The predicted molar refractivity (Wildman–Crippen MR) is 87.0 cm³/mol. The highest BCUT2D eigenvalue weighted by atomic mass is 15.2. The molecule has 1 heterocycles. The van der Waals surface area contributed by atoms with E-state index in [-0.39, 0.29) is 0 Å². The fraction of sp³-hybridized carbons (Fsp3) is 0.375. The molecule has 1 unspecified atom stereocenters. The molecular weight excluding hydrogens is 262 g/mol. The Kier molecular flexibility index (Phi) is 5.51. The number of nitrogen functional groups attached to an aromatic ring is 1. The van der Waals surface area contributed by atoms with Crippen LogP contribution in [0.25, 0.3) is 0 Å². The van der Waals surface area contributed by atoms with Gasteiger partial charge in [-0.25, -0.2) is 9.97 Å². The Labute approximate surface area is 126 Å². The molecule has 0 spiro atoms. The number of hydrogen-bond donors (Lipinski definition) is 2. The molecule has 0 fully saturated rings. The van der Waals surface area contributed by atoms with Crippen LogP contribution in [0.2, 0.25) is 0 Å². The summed E-state index contributed by atoms with van der Waals surface area (Å²) < 4.78 is 0. The summed E-state index contributed by atoms with van der Waals surface area (Å²) in [5, 5.41) is 3.36. The summed E-state index contributed by atoms with van der Waals surface area (Å²) in [5.41, 5.74) is 6.99. The summed E-state index contributed by atoms with van der Waals surface area (Å²) in [6.07, 6.45) is 1.48. The summed E-state index contributed by atoms with van der Waals surface area (Å²) in [6, 6.07) is 12.6. The van der Waals surface area contributed by atoms with Crippen LogP contribution in [0.4, 0.5) is 11.6 Å². The van der Waals surface area contributed by atoms with Crippen molar-refractivity contribution in [2.45, 2.75) is 19.9 Å². The zero-order chi connectivity index (χ0) is 15.1. The lowest BCUT2D eigenvalue weighted by molar-refractivity contribution is 0.228. The van der Waals surface area contributed by atoms with Gasteiger partial charge in [-0.2, -0.15) is 0 Å². The highest BCUT2D eigenvalue weighted by molar-refractivity contribution is 5.43. The maximum atomic E-state index is 5.69. The van der Waals surface area contributed by atoms with Crippen molar-refractivity contribution >= 4 is 11.6 Å². The standard InChI is InChI=1S/C16H23N5/c1-3-21(4-2)14(13-8-6-5-7-9-13)11-18-16-10-15(17)19-12-20-16/h5-10,12,14H,3-4,11H2,1-2H3,(H3,17,18,19,20). The number of nitrogens with zero attached hydrogens (tertiary/aromatic N) is 3. The fourth-order valence-corrected chi connectivity index (χ4v) is 2.47. The van der Waals surface area contributed by atoms with Gasteiger partial charge < -0.3 is 11.1 Å². The first-order valence-electron chi connectivity index (χ1n) is 7.35. The smallest absolute Gasteiger partial charge is 0.131 e. The largest absolute Gasteiger partial charge is 0.384 e. The number of anilines is 2. The molecule has 1 aromatic heterocycles. The van der Waals surface area contributed by atoms with Gasteiger partial charge in [0.25, 0.3) is 0 Å². The van der Waals surface area contributed by atoms with Gasteiger partial charge in [0.1, 0.15) is 18.0 Å². The van der Waals surface area contributed by atoms with Crippen molar-refractivity contribution in [3.63, 3.8) is 0 Å². The van der Waals surface area contributed by atoms with Crippen molar-refractivity contribution in [2.24, 2.45) is 0 Å². The highest BCUT2D eigenvalue weighted by Gasteiger charge is 2.17. The minimum Gasteiger partial charge on any atom is -0.384 e. The molecule has 112 valence electrons. The molecule has 0 saturated carbocycles. The number of nitrogens with one attached hydrogen (secondary N) is 1. The molecule has 21 heavy (non-hydrogen) atoms. The van der Waals surface area contributed by atoms with Gasteiger partial charge in [0.15, 0.2) is 0 Å². The molecule has 5 nitrogen and oxygen atoms in total. The third-order valence-corrected chi connectivity index (χ3v) is 3.60. The van der Waals surface area contributed by atoms with Crippen LogP contribution < -0.4 is 11.1 Å². The van der Waals surface area contributed by atoms with Crippen LogP contribution in [0.15, 0.2) is 42.7 Å². The molecule has 0 aliphatic heterocycles. The lowest BCUT2D eigenvalue weighted by Gasteiger charge is -2.30. The monoisotopic (exact) mass is 285 g/mol. The van der Waals surface area contributed by atoms with Gasteiger partial charge in [-0.05, 0) is 18.7 Å². The highest BCUT2D eigenvalue weighted by Crippen LogP contribution is 2.21. The van der Waals surface area contributed by atoms with E-state index in [0.29, 0.717) is 11.9 Å². The average Bonchev–Trinajstić information content (AvgIpc) is 2.52. The summed E-state index contributed by atoms with van der Waals surface area (Å²) in [6.45, 7) is 7.15. The number of hydrogen-bond acceptors (Lipinski definition) is 5. The van der Waals surface area contributed by atoms with Crippen molar-refractivity contribution in [3.05, 3.63) is 48.3 Å². The second-order valence-electron chi connectivity index (χ2n) is 4.86. The number of nitrogens with two attached hydrogens (primary N) is 1. The predicted octanol–water partition coefficient (Wildman–Crippen LogP) is 2.55. The SMILES string of the molecule is CCN(CC)C(CNc1cc(N)ncn1)c1ccccc1. The van der Waals surface area contributed by atoms with Gasteiger partial charge in [-0.1, -0.05) is 44.2 Å². The topological polar surface area (TPSA) is 67.1 Å². The van der Waals surface area contributed by atoms with Crippen LogP contribution in [-0.2, 0) is 0 Å². The van der Waals surface area contributed by atoms with E-state index >= 15 is 0 Å². The summed E-state index contributed by atoms with van der Waals surface area (Å²) in [5.74, 6) is 1.24. The Morgan fingerprint density at radius 3 is 2.48 bits per heavy atom. The van der Waals surface area contributed by atoms with Crippen LogP contribution in [0.5, 0.6) is 0 Å².